The average molecular weight is 451 g/mol. The number of hydrogen-bond acceptors (Lipinski definition) is 3. The van der Waals surface area contributed by atoms with Gasteiger partial charge in [0.15, 0.2) is 0 Å². The number of rotatable bonds is 9. The lowest BCUT2D eigenvalue weighted by Crippen LogP contribution is -2.44. The third kappa shape index (κ3) is 5.77. The topological polar surface area (TPSA) is 66.5 Å². The van der Waals surface area contributed by atoms with Crippen LogP contribution in [0.25, 0.3) is 0 Å². The van der Waals surface area contributed by atoms with Crippen LogP contribution in [0.4, 0.5) is 5.69 Å². The Balaban J connectivity index is 1.79. The van der Waals surface area contributed by atoms with E-state index in [1.165, 1.54) is 9.87 Å². The summed E-state index contributed by atoms with van der Waals surface area (Å²) in [7, 11) is -3.91. The largest absolute Gasteiger partial charge is 0.352 e. The number of benzene rings is 3. The van der Waals surface area contributed by atoms with Gasteiger partial charge in [0, 0.05) is 6.04 Å². The predicted molar refractivity (Wildman–Crippen MR) is 129 cm³/mol. The van der Waals surface area contributed by atoms with Gasteiger partial charge in [-0.2, -0.15) is 0 Å². The van der Waals surface area contributed by atoms with Crippen LogP contribution in [0.1, 0.15) is 30.0 Å². The van der Waals surface area contributed by atoms with Crippen molar-refractivity contribution in [2.45, 2.75) is 44.6 Å². The first-order chi connectivity index (χ1) is 15.3. The van der Waals surface area contributed by atoms with Gasteiger partial charge in [-0.05, 0) is 68.5 Å². The van der Waals surface area contributed by atoms with Gasteiger partial charge in [0.05, 0.1) is 10.6 Å². The standard InChI is InChI=1S/C26H30N2O3S/c1-20-11-10-16-25(22(20)3)28(32(30,31)24-14-8-5-9-15-24)19-26(29)27-21(2)17-18-23-12-6-4-7-13-23/h4-16,21H,17-19H2,1-3H3,(H,27,29)/t21-/m1/s1. The molecule has 0 aliphatic carbocycles. The van der Waals surface area contributed by atoms with E-state index in [0.717, 1.165) is 24.0 Å². The van der Waals surface area contributed by atoms with E-state index in [4.69, 9.17) is 0 Å². The maximum atomic E-state index is 13.5. The molecule has 32 heavy (non-hydrogen) atoms. The molecule has 1 amide bonds. The molecule has 0 unspecified atom stereocenters. The van der Waals surface area contributed by atoms with Gasteiger partial charge in [-0.1, -0.05) is 60.7 Å². The summed E-state index contributed by atoms with van der Waals surface area (Å²) in [6.07, 6.45) is 1.61. The van der Waals surface area contributed by atoms with Gasteiger partial charge in [0.1, 0.15) is 6.54 Å². The van der Waals surface area contributed by atoms with Gasteiger partial charge in [-0.25, -0.2) is 8.42 Å². The van der Waals surface area contributed by atoms with E-state index in [1.807, 2.05) is 51.1 Å². The lowest BCUT2D eigenvalue weighted by atomic mass is 10.1. The first kappa shape index (κ1) is 23.5. The molecule has 0 saturated carbocycles. The van der Waals surface area contributed by atoms with Crippen molar-refractivity contribution in [2.75, 3.05) is 10.8 Å². The molecule has 1 N–H and O–H groups in total. The number of sulfonamides is 1. The second-order valence-electron chi connectivity index (χ2n) is 8.04. The summed E-state index contributed by atoms with van der Waals surface area (Å²) in [6, 6.07) is 23.7. The molecule has 5 nitrogen and oxygen atoms in total. The van der Waals surface area contributed by atoms with Gasteiger partial charge in [-0.3, -0.25) is 9.10 Å². The second-order valence-corrected chi connectivity index (χ2v) is 9.90. The fourth-order valence-corrected chi connectivity index (χ4v) is 5.08. The number of hydrogen-bond donors (Lipinski definition) is 1. The van der Waals surface area contributed by atoms with Crippen molar-refractivity contribution < 1.29 is 13.2 Å². The number of aryl methyl sites for hydroxylation is 2. The number of anilines is 1. The monoisotopic (exact) mass is 450 g/mol. The van der Waals surface area contributed by atoms with Crippen molar-refractivity contribution >= 4 is 21.6 Å². The highest BCUT2D eigenvalue weighted by molar-refractivity contribution is 7.92. The molecule has 0 bridgehead atoms. The van der Waals surface area contributed by atoms with Crippen molar-refractivity contribution in [3.63, 3.8) is 0 Å². The first-order valence-corrected chi connectivity index (χ1v) is 12.2. The molecule has 3 rings (SSSR count). The number of carbonyl (C=O) groups excluding carboxylic acids is 1. The first-order valence-electron chi connectivity index (χ1n) is 10.8. The lowest BCUT2D eigenvalue weighted by molar-refractivity contribution is -0.120. The van der Waals surface area contributed by atoms with Crippen LogP contribution in [0.5, 0.6) is 0 Å². The van der Waals surface area contributed by atoms with E-state index in [1.54, 1.807) is 36.4 Å². The highest BCUT2D eigenvalue weighted by Crippen LogP contribution is 2.28. The molecule has 0 aliphatic rings. The SMILES string of the molecule is Cc1cccc(N(CC(=O)N[C@H](C)CCc2ccccc2)S(=O)(=O)c2ccccc2)c1C. The molecule has 0 fully saturated rings. The molecular formula is C26H30N2O3S. The minimum Gasteiger partial charge on any atom is -0.352 e. The van der Waals surface area contributed by atoms with E-state index in [0.29, 0.717) is 5.69 Å². The molecule has 3 aromatic carbocycles. The Morgan fingerprint density at radius 3 is 2.19 bits per heavy atom. The summed E-state index contributed by atoms with van der Waals surface area (Å²) in [5.74, 6) is -0.328. The molecule has 0 aliphatic heterocycles. The van der Waals surface area contributed by atoms with Crippen LogP contribution in [0, 0.1) is 13.8 Å². The number of amides is 1. The molecule has 0 spiro atoms. The Bertz CT molecular complexity index is 1150. The van der Waals surface area contributed by atoms with Crippen LogP contribution >= 0.6 is 0 Å². The molecule has 0 radical (unpaired) electrons. The van der Waals surface area contributed by atoms with E-state index in [-0.39, 0.29) is 23.4 Å². The summed E-state index contributed by atoms with van der Waals surface area (Å²) in [6.45, 7) is 5.46. The number of carbonyl (C=O) groups is 1. The predicted octanol–water partition coefficient (Wildman–Crippen LogP) is 4.64. The summed E-state index contributed by atoms with van der Waals surface area (Å²) in [5, 5.41) is 2.96. The molecule has 0 heterocycles. The van der Waals surface area contributed by atoms with Gasteiger partial charge in [0.25, 0.3) is 10.0 Å². The normalized spacial score (nSPS) is 12.2. The van der Waals surface area contributed by atoms with Crippen molar-refractivity contribution in [1.82, 2.24) is 5.32 Å². The zero-order valence-corrected chi connectivity index (χ0v) is 19.6. The molecule has 168 valence electrons. The zero-order valence-electron chi connectivity index (χ0n) is 18.8. The highest BCUT2D eigenvalue weighted by Gasteiger charge is 2.28. The minimum absolute atomic E-state index is 0.0809. The van der Waals surface area contributed by atoms with Gasteiger partial charge >= 0.3 is 0 Å². The summed E-state index contributed by atoms with van der Waals surface area (Å²) in [5.41, 5.74) is 3.52. The third-order valence-electron chi connectivity index (χ3n) is 5.58. The zero-order chi connectivity index (χ0) is 23.1. The highest BCUT2D eigenvalue weighted by atomic mass is 32.2. The Hall–Kier alpha value is -3.12. The number of nitrogens with one attached hydrogen (secondary N) is 1. The third-order valence-corrected chi connectivity index (χ3v) is 7.35. The van der Waals surface area contributed by atoms with Crippen LogP contribution < -0.4 is 9.62 Å². The van der Waals surface area contributed by atoms with E-state index in [9.17, 15) is 13.2 Å². The lowest BCUT2D eigenvalue weighted by Gasteiger charge is -2.27. The molecule has 3 aromatic rings. The Morgan fingerprint density at radius 1 is 0.906 bits per heavy atom. The van der Waals surface area contributed by atoms with E-state index < -0.39 is 10.0 Å². The fourth-order valence-electron chi connectivity index (χ4n) is 3.58. The van der Waals surface area contributed by atoms with Crippen molar-refractivity contribution in [1.29, 1.82) is 0 Å². The maximum Gasteiger partial charge on any atom is 0.264 e. The smallest absolute Gasteiger partial charge is 0.264 e. The summed E-state index contributed by atoms with van der Waals surface area (Å²) >= 11 is 0. The molecule has 0 saturated heterocycles. The summed E-state index contributed by atoms with van der Waals surface area (Å²) < 4.78 is 28.2. The Morgan fingerprint density at radius 2 is 1.53 bits per heavy atom. The average Bonchev–Trinajstić information content (AvgIpc) is 2.79. The Labute approximate surface area is 191 Å². The number of nitrogens with zero attached hydrogens (tertiary/aromatic N) is 1. The fraction of sp³-hybridized carbons (Fsp3) is 0.269. The van der Waals surface area contributed by atoms with Crippen molar-refractivity contribution in [3.8, 4) is 0 Å². The maximum absolute atomic E-state index is 13.5. The molecule has 1 atom stereocenters. The van der Waals surface area contributed by atoms with Gasteiger partial charge in [0.2, 0.25) is 5.91 Å². The van der Waals surface area contributed by atoms with Crippen LogP contribution in [-0.4, -0.2) is 26.9 Å². The van der Waals surface area contributed by atoms with Crippen LogP contribution in [0.2, 0.25) is 0 Å². The second kappa shape index (κ2) is 10.5. The minimum atomic E-state index is -3.91. The van der Waals surface area contributed by atoms with Gasteiger partial charge < -0.3 is 5.32 Å². The van der Waals surface area contributed by atoms with Crippen LogP contribution in [0.15, 0.2) is 83.8 Å². The molecule has 0 aromatic heterocycles. The van der Waals surface area contributed by atoms with Crippen molar-refractivity contribution in [3.05, 3.63) is 95.6 Å². The Kier molecular flexibility index (Phi) is 7.70. The van der Waals surface area contributed by atoms with Crippen LogP contribution in [0.3, 0.4) is 0 Å². The molecular weight excluding hydrogens is 420 g/mol. The molecule has 6 heteroatoms. The van der Waals surface area contributed by atoms with Crippen molar-refractivity contribution in [2.24, 2.45) is 0 Å². The van der Waals surface area contributed by atoms with E-state index in [2.05, 4.69) is 17.4 Å². The van der Waals surface area contributed by atoms with Crippen LogP contribution in [-0.2, 0) is 21.2 Å². The van der Waals surface area contributed by atoms with Gasteiger partial charge in [-0.15, -0.1) is 0 Å². The van der Waals surface area contributed by atoms with E-state index >= 15 is 0 Å². The quantitative estimate of drug-likeness (QED) is 0.517. The summed E-state index contributed by atoms with van der Waals surface area (Å²) in [4.78, 5) is 13.1.